The fraction of sp³-hybridized carbons (Fsp3) is 0.184. The van der Waals surface area contributed by atoms with E-state index < -0.39 is 6.04 Å². The van der Waals surface area contributed by atoms with E-state index in [9.17, 15) is 9.59 Å². The van der Waals surface area contributed by atoms with Gasteiger partial charge in [0.25, 0.3) is 0 Å². The average Bonchev–Trinajstić information content (AvgIpc) is 3.62. The molecule has 0 bridgehead atoms. The Morgan fingerprint density at radius 3 is 1.52 bits per heavy atom. The zero-order chi connectivity index (χ0) is 32.4. The van der Waals surface area contributed by atoms with Crippen LogP contribution >= 0.6 is 0 Å². The molecule has 1 heterocycles. The second-order valence-corrected chi connectivity index (χ2v) is 9.87. The van der Waals surface area contributed by atoms with Gasteiger partial charge in [-0.2, -0.15) is 0 Å². The van der Waals surface area contributed by atoms with Crippen molar-refractivity contribution in [1.29, 1.82) is 0 Å². The summed E-state index contributed by atoms with van der Waals surface area (Å²) in [5.74, 6) is -0.684. The van der Waals surface area contributed by atoms with Gasteiger partial charge in [0.1, 0.15) is 12.8 Å². The molecule has 5 rings (SSSR count). The zero-order valence-corrected chi connectivity index (χ0v) is 26.0. The Hall–Kier alpha value is -5.63. The number of ether oxygens (including phenoxy) is 2. The van der Waals surface area contributed by atoms with Crippen molar-refractivity contribution in [3.05, 3.63) is 162 Å². The molecule has 1 aromatic heterocycles. The van der Waals surface area contributed by atoms with Gasteiger partial charge in [-0.1, -0.05) is 126 Å². The highest BCUT2D eigenvalue weighted by Gasteiger charge is 2.22. The van der Waals surface area contributed by atoms with Crippen LogP contribution in [0.25, 0.3) is 0 Å². The second-order valence-electron chi connectivity index (χ2n) is 9.87. The molecule has 8 nitrogen and oxygen atoms in total. The van der Waals surface area contributed by atoms with Crippen molar-refractivity contribution < 1.29 is 23.6 Å². The van der Waals surface area contributed by atoms with Gasteiger partial charge in [0.05, 0.1) is 30.3 Å². The van der Waals surface area contributed by atoms with E-state index in [2.05, 4.69) is 10.1 Å². The highest BCUT2D eigenvalue weighted by molar-refractivity contribution is 6.14. The number of carbonyl (C=O) groups excluding carboxylic acids is 2. The Morgan fingerprint density at radius 1 is 0.652 bits per heavy atom. The lowest BCUT2D eigenvalue weighted by atomic mass is 10.0. The predicted octanol–water partition coefficient (Wildman–Crippen LogP) is 6.77. The third kappa shape index (κ3) is 10.2. The fourth-order valence-electron chi connectivity index (χ4n) is 4.52. The molecule has 46 heavy (non-hydrogen) atoms. The SMILES string of the molecule is CCOC(=O)C(Cc1ccon1)N=C(c1ccccc1)c1ccccc1.CCOC(=O)CN=C(c1ccccc1)c1ccccc1. The molecule has 0 radical (unpaired) electrons. The first kappa shape index (κ1) is 33.3. The average molecular weight is 616 g/mol. The monoisotopic (exact) mass is 615 g/mol. The van der Waals surface area contributed by atoms with Gasteiger partial charge in [-0.3, -0.25) is 14.8 Å². The summed E-state index contributed by atoms with van der Waals surface area (Å²) in [5.41, 5.74) is 6.06. The summed E-state index contributed by atoms with van der Waals surface area (Å²) in [5, 5.41) is 3.90. The number of carbonyl (C=O) groups is 2. The summed E-state index contributed by atoms with van der Waals surface area (Å²) in [4.78, 5) is 33.2. The van der Waals surface area contributed by atoms with Crippen LogP contribution in [0.15, 0.2) is 148 Å². The van der Waals surface area contributed by atoms with Crippen molar-refractivity contribution in [3.8, 4) is 0 Å². The van der Waals surface area contributed by atoms with E-state index in [1.165, 1.54) is 6.26 Å². The van der Waals surface area contributed by atoms with E-state index in [0.717, 1.165) is 33.7 Å². The van der Waals surface area contributed by atoms with Crippen LogP contribution in [0.1, 0.15) is 41.8 Å². The summed E-state index contributed by atoms with van der Waals surface area (Å²) < 4.78 is 15.0. The van der Waals surface area contributed by atoms with Gasteiger partial charge in [-0.25, -0.2) is 4.79 Å². The smallest absolute Gasteiger partial charge is 0.331 e. The van der Waals surface area contributed by atoms with Crippen LogP contribution in [0.4, 0.5) is 0 Å². The van der Waals surface area contributed by atoms with Crippen molar-refractivity contribution >= 4 is 23.4 Å². The first-order valence-electron chi connectivity index (χ1n) is 15.1. The normalized spacial score (nSPS) is 10.8. The van der Waals surface area contributed by atoms with Crippen LogP contribution in [0.5, 0.6) is 0 Å². The molecule has 8 heteroatoms. The molecule has 5 aromatic rings. The maximum absolute atomic E-state index is 12.5. The standard InChI is InChI=1S/C21H20N2O3.C17H17NO2/c1-2-25-21(24)19(15-18-13-14-26-23-18)22-20(16-9-5-3-6-10-16)17-11-7-4-8-12-17;1-2-20-16(19)13-18-17(14-9-5-3-6-10-14)15-11-7-4-8-12-15/h3-14,19H,2,15H2,1H3;3-12H,2,13H2,1H3. The number of nitrogens with zero attached hydrogens (tertiary/aromatic N) is 3. The topological polar surface area (TPSA) is 103 Å². The first-order chi connectivity index (χ1) is 22.6. The summed E-state index contributed by atoms with van der Waals surface area (Å²) in [6, 6.07) is 40.3. The van der Waals surface area contributed by atoms with Gasteiger partial charge in [0, 0.05) is 34.7 Å². The minimum absolute atomic E-state index is 0.0347. The fourth-order valence-corrected chi connectivity index (χ4v) is 4.52. The molecule has 1 atom stereocenters. The Bertz CT molecular complexity index is 1590. The van der Waals surface area contributed by atoms with Crippen molar-refractivity contribution in [3.63, 3.8) is 0 Å². The van der Waals surface area contributed by atoms with E-state index in [1.54, 1.807) is 19.9 Å². The van der Waals surface area contributed by atoms with Crippen LogP contribution < -0.4 is 0 Å². The third-order valence-electron chi connectivity index (χ3n) is 6.60. The molecule has 0 aliphatic rings. The summed E-state index contributed by atoms with van der Waals surface area (Å²) in [6.45, 7) is 4.28. The Morgan fingerprint density at radius 2 is 1.11 bits per heavy atom. The molecule has 0 aliphatic carbocycles. The first-order valence-corrected chi connectivity index (χ1v) is 15.1. The van der Waals surface area contributed by atoms with Crippen molar-refractivity contribution in [2.75, 3.05) is 19.8 Å². The Kier molecular flexibility index (Phi) is 13.2. The van der Waals surface area contributed by atoms with Crippen LogP contribution in [-0.4, -0.2) is 54.3 Å². The highest BCUT2D eigenvalue weighted by Crippen LogP contribution is 2.15. The van der Waals surface area contributed by atoms with Crippen molar-refractivity contribution in [1.82, 2.24) is 5.16 Å². The third-order valence-corrected chi connectivity index (χ3v) is 6.60. The molecule has 0 N–H and O–H groups in total. The Labute approximate surface area is 269 Å². The van der Waals surface area contributed by atoms with E-state index in [4.69, 9.17) is 19.0 Å². The molecule has 0 spiro atoms. The van der Waals surface area contributed by atoms with Gasteiger partial charge in [0.2, 0.25) is 0 Å². The molecule has 4 aromatic carbocycles. The highest BCUT2D eigenvalue weighted by atomic mass is 16.5. The maximum atomic E-state index is 12.5. The minimum Gasteiger partial charge on any atom is -0.465 e. The Balaban J connectivity index is 0.000000216. The quantitative estimate of drug-likeness (QED) is 0.113. The van der Waals surface area contributed by atoms with Gasteiger partial charge in [-0.15, -0.1) is 0 Å². The minimum atomic E-state index is -0.699. The molecule has 0 aliphatic heterocycles. The van der Waals surface area contributed by atoms with Crippen LogP contribution in [0.3, 0.4) is 0 Å². The maximum Gasteiger partial charge on any atom is 0.331 e. The number of aromatic nitrogens is 1. The van der Waals surface area contributed by atoms with E-state index >= 15 is 0 Å². The molecule has 0 amide bonds. The lowest BCUT2D eigenvalue weighted by Gasteiger charge is -2.14. The lowest BCUT2D eigenvalue weighted by molar-refractivity contribution is -0.144. The van der Waals surface area contributed by atoms with Crippen molar-refractivity contribution in [2.24, 2.45) is 9.98 Å². The second kappa shape index (κ2) is 18.2. The summed E-state index contributed by atoms with van der Waals surface area (Å²) >= 11 is 0. The molecule has 1 unspecified atom stereocenters. The van der Waals surface area contributed by atoms with Crippen LogP contribution in [-0.2, 0) is 25.5 Å². The zero-order valence-electron chi connectivity index (χ0n) is 26.0. The number of hydrogen-bond donors (Lipinski definition) is 0. The van der Waals surface area contributed by atoms with E-state index in [0.29, 0.717) is 25.3 Å². The van der Waals surface area contributed by atoms with E-state index in [1.807, 2.05) is 121 Å². The van der Waals surface area contributed by atoms with Crippen molar-refractivity contribution in [2.45, 2.75) is 26.3 Å². The molecule has 0 fully saturated rings. The molecule has 0 saturated heterocycles. The van der Waals surface area contributed by atoms with Gasteiger partial charge in [-0.05, 0) is 13.8 Å². The summed E-state index contributed by atoms with van der Waals surface area (Å²) in [6.07, 6.45) is 1.80. The van der Waals surface area contributed by atoms with Gasteiger partial charge >= 0.3 is 11.9 Å². The number of hydrogen-bond acceptors (Lipinski definition) is 8. The largest absolute Gasteiger partial charge is 0.465 e. The van der Waals surface area contributed by atoms with Crippen LogP contribution in [0.2, 0.25) is 0 Å². The van der Waals surface area contributed by atoms with Crippen LogP contribution in [0, 0.1) is 0 Å². The molecule has 0 saturated carbocycles. The van der Waals surface area contributed by atoms with Gasteiger partial charge < -0.3 is 14.0 Å². The van der Waals surface area contributed by atoms with E-state index in [-0.39, 0.29) is 18.5 Å². The summed E-state index contributed by atoms with van der Waals surface area (Å²) in [7, 11) is 0. The molecular weight excluding hydrogens is 578 g/mol. The molecule has 234 valence electrons. The predicted molar refractivity (Wildman–Crippen MR) is 179 cm³/mol. The van der Waals surface area contributed by atoms with Gasteiger partial charge in [0.15, 0.2) is 6.04 Å². The number of benzene rings is 4. The number of rotatable bonds is 12. The lowest BCUT2D eigenvalue weighted by Crippen LogP contribution is -2.26. The molecular formula is C38H37N3O5. The number of aliphatic imine (C=N–C) groups is 2. The number of esters is 2.